The van der Waals surface area contributed by atoms with Gasteiger partial charge in [-0.2, -0.15) is 0 Å². The summed E-state index contributed by atoms with van der Waals surface area (Å²) in [4.78, 5) is 107. The number of nitrogens with zero attached hydrogens (tertiary/aromatic N) is 2. The van der Waals surface area contributed by atoms with Gasteiger partial charge in [-0.25, -0.2) is 9.59 Å². The second-order valence-corrected chi connectivity index (χ2v) is 37.5. The highest BCUT2D eigenvalue weighted by Gasteiger charge is 2.40. The molecule has 7 aliphatic carbocycles. The van der Waals surface area contributed by atoms with Crippen LogP contribution in [-0.2, 0) is 43.0 Å². The number of likely N-dealkylation sites (N-methyl/N-ethyl adjacent to an activating group) is 6. The summed E-state index contributed by atoms with van der Waals surface area (Å²) in [5, 5.41) is 30.5. The van der Waals surface area contributed by atoms with E-state index in [-0.39, 0.29) is 48.3 Å². The number of ketones is 5. The van der Waals surface area contributed by atoms with E-state index in [9.17, 15) is 53.4 Å². The summed E-state index contributed by atoms with van der Waals surface area (Å²) in [7, 11) is 10.1. The highest BCUT2D eigenvalue weighted by atomic mass is 16.6. The first-order chi connectivity index (χ1) is 54.6. The third-order valence-corrected chi connectivity index (χ3v) is 20.9. The summed E-state index contributed by atoms with van der Waals surface area (Å²) < 4.78 is 10.5. The van der Waals surface area contributed by atoms with Crippen molar-refractivity contribution in [3.63, 3.8) is 0 Å². The van der Waals surface area contributed by atoms with Gasteiger partial charge in [0.25, 0.3) is 11.8 Å². The molecular weight excluding hydrogens is 1470 g/mol. The van der Waals surface area contributed by atoms with Crippen molar-refractivity contribution in [3.8, 4) is 0 Å². The number of aliphatic hydroxyl groups is 2. The van der Waals surface area contributed by atoms with Crippen molar-refractivity contribution in [3.05, 3.63) is 0 Å². The predicted octanol–water partition coefficient (Wildman–Crippen LogP) is 23.4. The van der Waals surface area contributed by atoms with Gasteiger partial charge >= 0.3 is 12.2 Å². The van der Waals surface area contributed by atoms with Crippen LogP contribution in [0.15, 0.2) is 0 Å². The molecule has 0 heterocycles. The molecule has 0 aromatic heterocycles. The van der Waals surface area contributed by atoms with Gasteiger partial charge < -0.3 is 50.8 Å². The SMILES string of the molecule is CC(=O)C1CCC(C)CC1.CC1CCC(C(=O)CN(C)C(=O)OC(C)(C)C)CC1.CC1CCC(C(=O)CN(C)C(=O)OC(C)(C)C)CC1.CCC.CCC.CCC.CCC.CCC.CCC.CCC.CNC(=O)C1(O)CCC(C)CC1.CNC(=O)C1(O)CCC(C)CC1.CNCC(=O)C1CCC(C)CC1.CNCC(=O)C1CCC(C)CC1. The summed E-state index contributed by atoms with van der Waals surface area (Å²) in [6, 6.07) is 0. The number of hydrogen-bond donors (Lipinski definition) is 6. The van der Waals surface area contributed by atoms with E-state index >= 15 is 0 Å². The highest BCUT2D eigenvalue weighted by molar-refractivity contribution is 5.87. The van der Waals surface area contributed by atoms with Crippen LogP contribution in [0.3, 0.4) is 0 Å². The molecule has 0 aliphatic heterocycles. The molecule has 19 heteroatoms. The zero-order valence-corrected chi connectivity index (χ0v) is 83.3. The molecule has 0 atom stereocenters. The molecule has 7 saturated carbocycles. The van der Waals surface area contributed by atoms with Gasteiger partial charge in [0.1, 0.15) is 39.8 Å². The average Bonchev–Trinajstić information content (AvgIpc) is 0.838. The average molecular weight is 1670 g/mol. The van der Waals surface area contributed by atoms with Gasteiger partial charge in [0, 0.05) is 57.8 Å². The predicted molar refractivity (Wildman–Crippen MR) is 497 cm³/mol. The number of amides is 4. The van der Waals surface area contributed by atoms with Gasteiger partial charge in [0.05, 0.1) is 26.2 Å². The molecule has 0 aromatic carbocycles. The maximum atomic E-state index is 12.1. The molecule has 0 saturated heterocycles. The van der Waals surface area contributed by atoms with Gasteiger partial charge in [-0.1, -0.05) is 255 Å². The lowest BCUT2D eigenvalue weighted by Crippen LogP contribution is -2.47. The molecule has 7 aliphatic rings. The highest BCUT2D eigenvalue weighted by Crippen LogP contribution is 2.35. The third-order valence-electron chi connectivity index (χ3n) is 20.9. The molecule has 117 heavy (non-hydrogen) atoms. The lowest BCUT2D eigenvalue weighted by atomic mass is 9.79. The fraction of sp³-hybridized carbons (Fsp3) is 0.908. The van der Waals surface area contributed by atoms with Crippen LogP contribution in [0.1, 0.15) is 419 Å². The zero-order chi connectivity index (χ0) is 92.1. The molecular formula is C98H198N6O13. The third kappa shape index (κ3) is 70.9. The summed E-state index contributed by atoms with van der Waals surface area (Å²) in [6.07, 6.45) is 36.6. The van der Waals surface area contributed by atoms with Gasteiger partial charge in [-0.15, -0.1) is 0 Å². The van der Waals surface area contributed by atoms with Crippen molar-refractivity contribution in [2.24, 2.45) is 71.0 Å². The maximum absolute atomic E-state index is 12.1. The van der Waals surface area contributed by atoms with Crippen LogP contribution in [0.4, 0.5) is 9.59 Å². The molecule has 0 bridgehead atoms. The molecule has 0 radical (unpaired) electrons. The number of Topliss-reactive ketones (excluding diaryl/α,β-unsaturated/α-hetero) is 5. The van der Waals surface area contributed by atoms with Crippen LogP contribution in [0.25, 0.3) is 0 Å². The molecule has 0 spiro atoms. The van der Waals surface area contributed by atoms with E-state index in [2.05, 4.69) is 167 Å². The molecule has 4 amide bonds. The normalized spacial score (nSPS) is 25.3. The Morgan fingerprint density at radius 1 is 0.316 bits per heavy atom. The summed E-state index contributed by atoms with van der Waals surface area (Å²) in [5.41, 5.74) is -3.20. The number of ether oxygens (including phenoxy) is 2. The minimum atomic E-state index is -1.08. The molecule has 7 rings (SSSR count). The standard InChI is InChI=1S/2C15H27NO3.2C10H19NO.2C9H17NO2.C9H16O.7C3H8/c2*1-11-6-8-12(9-7-11)13(17)10-16(5)14(18)19-15(2,3)4;2*1-8-3-5-9(6-4-8)10(12)7-11-2;2*1-7-3-5-9(12,6-4-7)8(11)10-2;1-7-3-5-9(6-4-7)8(2)10;7*1-3-2/h2*11-12H,6-10H2,1-5H3;2*8-9,11H,3-7H2,1-2H3;2*7,12H,3-6H2,1-2H3,(H,10,11);7,9H,3-6H2,1-2H3;7*3H2,1-2H3. The summed E-state index contributed by atoms with van der Waals surface area (Å²) >= 11 is 0. The number of carbonyl (C=O) groups excluding carboxylic acids is 9. The van der Waals surface area contributed by atoms with E-state index in [1.807, 2.05) is 55.6 Å². The van der Waals surface area contributed by atoms with Gasteiger partial charge in [0.2, 0.25) is 0 Å². The Labute approximate surface area is 723 Å². The van der Waals surface area contributed by atoms with E-state index in [4.69, 9.17) is 9.47 Å². The lowest BCUT2D eigenvalue weighted by Gasteiger charge is -2.32. The van der Waals surface area contributed by atoms with E-state index in [1.165, 1.54) is 93.3 Å². The van der Waals surface area contributed by atoms with E-state index in [0.717, 1.165) is 145 Å². The van der Waals surface area contributed by atoms with Crippen molar-refractivity contribution >= 4 is 52.9 Å². The number of hydrogen-bond acceptors (Lipinski definition) is 15. The number of rotatable bonds is 15. The monoisotopic (exact) mass is 1670 g/mol. The largest absolute Gasteiger partial charge is 0.444 e. The first-order valence-electron chi connectivity index (χ1n) is 47.3. The van der Waals surface area contributed by atoms with Gasteiger partial charge in [0.15, 0.2) is 11.6 Å². The van der Waals surface area contributed by atoms with Crippen LogP contribution in [0.5, 0.6) is 0 Å². The molecule has 0 aromatic rings. The van der Waals surface area contributed by atoms with Gasteiger partial charge in [-0.05, 0) is 220 Å². The quantitative estimate of drug-likeness (QED) is 0.0890. The summed E-state index contributed by atoms with van der Waals surface area (Å²) in [6.45, 7) is 59.4. The fourth-order valence-corrected chi connectivity index (χ4v) is 13.6. The van der Waals surface area contributed by atoms with Crippen molar-refractivity contribution in [1.82, 2.24) is 31.1 Å². The Balaban J connectivity index is -0.000000233. The summed E-state index contributed by atoms with van der Waals surface area (Å²) in [5.74, 6) is 7.73. The second kappa shape index (κ2) is 76.5. The first-order valence-corrected chi connectivity index (χ1v) is 47.3. The zero-order valence-electron chi connectivity index (χ0n) is 83.3. The van der Waals surface area contributed by atoms with Crippen LogP contribution >= 0.6 is 0 Å². The Hall–Kier alpha value is -4.33. The fourth-order valence-electron chi connectivity index (χ4n) is 13.6. The molecule has 0 unspecified atom stereocenters. The minimum absolute atomic E-state index is 0.126. The Kier molecular flexibility index (Phi) is 82.3. The number of carbonyl (C=O) groups is 9. The van der Waals surface area contributed by atoms with E-state index in [1.54, 1.807) is 35.1 Å². The minimum Gasteiger partial charge on any atom is -0.444 e. The second-order valence-electron chi connectivity index (χ2n) is 37.5. The molecule has 19 nitrogen and oxygen atoms in total. The Morgan fingerprint density at radius 3 is 0.650 bits per heavy atom. The smallest absolute Gasteiger partial charge is 0.410 e. The lowest BCUT2D eigenvalue weighted by molar-refractivity contribution is -0.143. The maximum Gasteiger partial charge on any atom is 0.410 e. The van der Waals surface area contributed by atoms with Crippen molar-refractivity contribution in [2.45, 2.75) is 441 Å². The van der Waals surface area contributed by atoms with Crippen LogP contribution in [-0.4, -0.2) is 164 Å². The van der Waals surface area contributed by atoms with E-state index < -0.39 is 34.6 Å². The topological polar surface area (TPSA) is 267 Å². The van der Waals surface area contributed by atoms with Crippen LogP contribution < -0.4 is 21.3 Å². The molecule has 7 fully saturated rings. The van der Waals surface area contributed by atoms with Crippen molar-refractivity contribution in [2.75, 3.05) is 68.5 Å². The van der Waals surface area contributed by atoms with E-state index in [0.29, 0.717) is 85.7 Å². The molecule has 698 valence electrons. The van der Waals surface area contributed by atoms with Crippen molar-refractivity contribution in [1.29, 1.82) is 0 Å². The van der Waals surface area contributed by atoms with Gasteiger partial charge in [-0.3, -0.25) is 33.6 Å². The van der Waals surface area contributed by atoms with Crippen LogP contribution in [0.2, 0.25) is 0 Å². The van der Waals surface area contributed by atoms with Crippen molar-refractivity contribution < 1.29 is 62.8 Å². The van der Waals surface area contributed by atoms with Crippen LogP contribution in [0, 0.1) is 71.0 Å². The Morgan fingerprint density at radius 2 is 0.487 bits per heavy atom. The molecule has 6 N–H and O–H groups in total. The number of nitrogens with one attached hydrogen (secondary N) is 4. The Bertz CT molecular complexity index is 2250. The first kappa shape index (κ1) is 126.